The molecule has 0 spiro atoms. The molecule has 2 heterocycles. The van der Waals surface area contributed by atoms with Crippen LogP contribution in [0.1, 0.15) is 11.3 Å². The molecule has 1 aliphatic heterocycles. The quantitative estimate of drug-likeness (QED) is 0.691. The third-order valence-electron chi connectivity index (χ3n) is 2.21. The highest BCUT2D eigenvalue weighted by atomic mass is 19.3. The Bertz CT molecular complexity index is 308. The molecular formula is C8H11F2N3. The first-order valence-electron chi connectivity index (χ1n) is 4.17. The lowest BCUT2D eigenvalue weighted by atomic mass is 10.3. The van der Waals surface area contributed by atoms with Gasteiger partial charge in [0.2, 0.25) is 0 Å². The van der Waals surface area contributed by atoms with Crippen LogP contribution in [-0.4, -0.2) is 28.2 Å². The third kappa shape index (κ3) is 1.56. The van der Waals surface area contributed by atoms with Crippen LogP contribution in [0, 0.1) is 0 Å². The molecule has 1 aromatic heterocycles. The maximum absolute atomic E-state index is 12.1. The van der Waals surface area contributed by atoms with Gasteiger partial charge in [-0.15, -0.1) is 0 Å². The fraction of sp³-hybridized carbons (Fsp3) is 0.625. The molecule has 0 aliphatic carbocycles. The topological polar surface area (TPSA) is 21.1 Å². The maximum Gasteiger partial charge on any atom is 0.257 e. The van der Waals surface area contributed by atoms with Gasteiger partial charge in [0.1, 0.15) is 6.54 Å². The molecule has 2 rings (SSSR count). The molecule has 0 saturated heterocycles. The first kappa shape index (κ1) is 8.62. The van der Waals surface area contributed by atoms with Gasteiger partial charge < -0.3 is 0 Å². The van der Waals surface area contributed by atoms with E-state index in [1.807, 2.05) is 7.05 Å². The zero-order valence-electron chi connectivity index (χ0n) is 7.37. The molecule has 0 N–H and O–H groups in total. The minimum absolute atomic E-state index is 0.289. The summed E-state index contributed by atoms with van der Waals surface area (Å²) in [5, 5.41) is 3.92. The zero-order chi connectivity index (χ0) is 9.42. The minimum atomic E-state index is -2.32. The molecule has 3 nitrogen and oxygen atoms in total. The minimum Gasteiger partial charge on any atom is -0.296 e. The molecule has 1 aromatic rings. The van der Waals surface area contributed by atoms with Crippen molar-refractivity contribution >= 4 is 0 Å². The Balaban J connectivity index is 2.20. The summed E-state index contributed by atoms with van der Waals surface area (Å²) in [7, 11) is 1.96. The SMILES string of the molecule is CN1Cc2cnn(CC(F)F)c2C1. The predicted molar refractivity (Wildman–Crippen MR) is 43.4 cm³/mol. The molecule has 0 aromatic carbocycles. The number of rotatable bonds is 2. The van der Waals surface area contributed by atoms with Gasteiger partial charge in [0.25, 0.3) is 6.43 Å². The summed E-state index contributed by atoms with van der Waals surface area (Å²) in [6.45, 7) is 1.25. The van der Waals surface area contributed by atoms with Gasteiger partial charge in [-0.05, 0) is 7.05 Å². The highest BCUT2D eigenvalue weighted by Crippen LogP contribution is 2.20. The van der Waals surface area contributed by atoms with E-state index in [2.05, 4.69) is 10.00 Å². The van der Waals surface area contributed by atoms with E-state index < -0.39 is 6.43 Å². The van der Waals surface area contributed by atoms with E-state index in [1.165, 1.54) is 4.68 Å². The van der Waals surface area contributed by atoms with Crippen molar-refractivity contribution in [3.05, 3.63) is 17.5 Å². The average Bonchev–Trinajstić information content (AvgIpc) is 2.51. The first-order valence-corrected chi connectivity index (χ1v) is 4.17. The van der Waals surface area contributed by atoms with Crippen LogP contribution in [-0.2, 0) is 19.6 Å². The van der Waals surface area contributed by atoms with Crippen LogP contribution in [0.5, 0.6) is 0 Å². The molecule has 0 bridgehead atoms. The number of nitrogens with zero attached hydrogens (tertiary/aromatic N) is 3. The van der Waals surface area contributed by atoms with E-state index >= 15 is 0 Å². The molecular weight excluding hydrogens is 176 g/mol. The van der Waals surface area contributed by atoms with E-state index in [0.717, 1.165) is 24.3 Å². The molecule has 0 fully saturated rings. The van der Waals surface area contributed by atoms with Gasteiger partial charge in [-0.1, -0.05) is 0 Å². The molecule has 1 aliphatic rings. The second kappa shape index (κ2) is 3.06. The number of alkyl halides is 2. The summed E-state index contributed by atoms with van der Waals surface area (Å²) < 4.78 is 25.6. The van der Waals surface area contributed by atoms with Gasteiger partial charge in [-0.3, -0.25) is 9.58 Å². The molecule has 0 atom stereocenters. The second-order valence-corrected chi connectivity index (χ2v) is 3.36. The van der Waals surface area contributed by atoms with Crippen molar-refractivity contribution in [3.8, 4) is 0 Å². The Hall–Kier alpha value is -0.970. The zero-order valence-corrected chi connectivity index (χ0v) is 7.37. The van der Waals surface area contributed by atoms with E-state index in [9.17, 15) is 8.78 Å². The normalized spacial score (nSPS) is 16.9. The average molecular weight is 187 g/mol. The van der Waals surface area contributed by atoms with Gasteiger partial charge in [0.15, 0.2) is 0 Å². The molecule has 72 valence electrons. The monoisotopic (exact) mass is 187 g/mol. The summed E-state index contributed by atoms with van der Waals surface area (Å²) in [4.78, 5) is 2.08. The number of halogens is 2. The number of fused-ring (bicyclic) bond motifs is 1. The van der Waals surface area contributed by atoms with Crippen molar-refractivity contribution in [2.45, 2.75) is 26.1 Å². The molecule has 0 radical (unpaired) electrons. The van der Waals surface area contributed by atoms with E-state index in [4.69, 9.17) is 0 Å². The largest absolute Gasteiger partial charge is 0.296 e. The van der Waals surface area contributed by atoms with Gasteiger partial charge in [-0.2, -0.15) is 5.10 Å². The molecule has 0 saturated carbocycles. The predicted octanol–water partition coefficient (Wildman–Crippen LogP) is 1.09. The molecule has 13 heavy (non-hydrogen) atoms. The van der Waals surface area contributed by atoms with Crippen molar-refractivity contribution in [2.24, 2.45) is 0 Å². The fourth-order valence-corrected chi connectivity index (χ4v) is 1.66. The van der Waals surface area contributed by atoms with Crippen molar-refractivity contribution in [1.82, 2.24) is 14.7 Å². The first-order chi connectivity index (χ1) is 6.16. The van der Waals surface area contributed by atoms with Crippen LogP contribution in [0.15, 0.2) is 6.20 Å². The summed E-state index contributed by atoms with van der Waals surface area (Å²) in [5.74, 6) is 0. The van der Waals surface area contributed by atoms with Crippen LogP contribution in [0.3, 0.4) is 0 Å². The number of aromatic nitrogens is 2. The van der Waals surface area contributed by atoms with Gasteiger partial charge in [0, 0.05) is 18.7 Å². The Morgan fingerprint density at radius 2 is 2.31 bits per heavy atom. The highest BCUT2D eigenvalue weighted by Gasteiger charge is 2.21. The summed E-state index contributed by atoms with van der Waals surface area (Å²) in [6.07, 6.45) is -0.642. The van der Waals surface area contributed by atoms with Crippen molar-refractivity contribution in [1.29, 1.82) is 0 Å². The van der Waals surface area contributed by atoms with Crippen LogP contribution in [0.25, 0.3) is 0 Å². The fourth-order valence-electron chi connectivity index (χ4n) is 1.66. The number of hydrogen-bond acceptors (Lipinski definition) is 2. The smallest absolute Gasteiger partial charge is 0.257 e. The van der Waals surface area contributed by atoms with E-state index in [0.29, 0.717) is 0 Å². The molecule has 5 heteroatoms. The number of hydrogen-bond donors (Lipinski definition) is 0. The summed E-state index contributed by atoms with van der Waals surface area (Å²) >= 11 is 0. The van der Waals surface area contributed by atoms with Gasteiger partial charge in [-0.25, -0.2) is 8.78 Å². The van der Waals surface area contributed by atoms with Crippen molar-refractivity contribution in [3.63, 3.8) is 0 Å². The van der Waals surface area contributed by atoms with Crippen LogP contribution in [0.2, 0.25) is 0 Å². The molecule has 0 amide bonds. The third-order valence-corrected chi connectivity index (χ3v) is 2.21. The van der Waals surface area contributed by atoms with Crippen LogP contribution < -0.4 is 0 Å². The standard InChI is InChI=1S/C8H11F2N3/c1-12-3-6-2-11-13(5-8(9)10)7(6)4-12/h2,8H,3-5H2,1H3. The molecule has 0 unspecified atom stereocenters. The summed E-state index contributed by atoms with van der Waals surface area (Å²) in [5.41, 5.74) is 2.01. The van der Waals surface area contributed by atoms with E-state index in [1.54, 1.807) is 6.20 Å². The Morgan fingerprint density at radius 3 is 3.00 bits per heavy atom. The van der Waals surface area contributed by atoms with E-state index in [-0.39, 0.29) is 6.54 Å². The Kier molecular flexibility index (Phi) is 2.03. The van der Waals surface area contributed by atoms with Crippen molar-refractivity contribution in [2.75, 3.05) is 7.05 Å². The lowest BCUT2D eigenvalue weighted by Gasteiger charge is -2.07. The Morgan fingerprint density at radius 1 is 1.54 bits per heavy atom. The van der Waals surface area contributed by atoms with Crippen molar-refractivity contribution < 1.29 is 8.78 Å². The van der Waals surface area contributed by atoms with Crippen LogP contribution >= 0.6 is 0 Å². The van der Waals surface area contributed by atoms with Crippen LogP contribution in [0.4, 0.5) is 8.78 Å². The lowest BCUT2D eigenvalue weighted by Crippen LogP contribution is -2.14. The van der Waals surface area contributed by atoms with Gasteiger partial charge in [0.05, 0.1) is 11.9 Å². The second-order valence-electron chi connectivity index (χ2n) is 3.36. The van der Waals surface area contributed by atoms with Gasteiger partial charge >= 0.3 is 0 Å². The Labute approximate surface area is 74.9 Å². The highest BCUT2D eigenvalue weighted by molar-refractivity contribution is 5.21. The summed E-state index contributed by atoms with van der Waals surface area (Å²) in [6, 6.07) is 0. The lowest BCUT2D eigenvalue weighted by molar-refractivity contribution is 0.120. The maximum atomic E-state index is 12.1.